The zero-order valence-corrected chi connectivity index (χ0v) is 53.9. The number of thioether (sulfide) groups is 3. The summed E-state index contributed by atoms with van der Waals surface area (Å²) in [6.07, 6.45) is 62.0. The maximum atomic E-state index is 13.6. The Hall–Kier alpha value is 0.259. The topological polar surface area (TPSA) is 78.9 Å². The SMILES string of the molecule is CCCCCCCCCCCCCCCCSCC(=O)[O][Sn]([CH2]CCCCCCC)([O]C(=O)CSCCCCCCCCCCCCCCCC)[O]C(=O)CSCCCCCCCCCCCCCCCC. The van der Waals surface area contributed by atoms with Gasteiger partial charge in [-0.15, -0.1) is 0 Å². The Bertz CT molecular complexity index is 1010. The van der Waals surface area contributed by atoms with Crippen molar-refractivity contribution in [2.45, 2.75) is 340 Å². The second-order valence-electron chi connectivity index (χ2n) is 21.6. The molecule has 0 unspecified atom stereocenters. The third kappa shape index (κ3) is 55.0. The van der Waals surface area contributed by atoms with Gasteiger partial charge in [0.1, 0.15) is 0 Å². The van der Waals surface area contributed by atoms with Gasteiger partial charge in [-0.2, -0.15) is 0 Å². The van der Waals surface area contributed by atoms with Crippen molar-refractivity contribution in [1.29, 1.82) is 0 Å². The van der Waals surface area contributed by atoms with Gasteiger partial charge in [0.2, 0.25) is 0 Å². The van der Waals surface area contributed by atoms with E-state index in [0.717, 1.165) is 62.2 Å². The molecular formula is C62H122O6S3Sn. The van der Waals surface area contributed by atoms with E-state index in [2.05, 4.69) is 27.7 Å². The summed E-state index contributed by atoms with van der Waals surface area (Å²) in [5.74, 6) is 2.13. The first-order valence-electron chi connectivity index (χ1n) is 31.8. The van der Waals surface area contributed by atoms with Crippen LogP contribution in [0, 0.1) is 0 Å². The summed E-state index contributed by atoms with van der Waals surface area (Å²) in [5, 5.41) is 0. The number of rotatable bonds is 61. The fourth-order valence-corrected chi connectivity index (χ4v) is 19.6. The third-order valence-corrected chi connectivity index (χ3v) is 24.7. The van der Waals surface area contributed by atoms with Crippen LogP contribution in [0.15, 0.2) is 0 Å². The Morgan fingerprint density at radius 2 is 0.417 bits per heavy atom. The van der Waals surface area contributed by atoms with Crippen LogP contribution in [0.25, 0.3) is 0 Å². The molecule has 10 heteroatoms. The minimum Gasteiger partial charge on any atom is -0.0654 e. The van der Waals surface area contributed by atoms with Gasteiger partial charge in [0.15, 0.2) is 0 Å². The van der Waals surface area contributed by atoms with E-state index in [1.807, 2.05) is 0 Å². The molecule has 0 aromatic carbocycles. The molecule has 0 fully saturated rings. The molecular weight excluding hydrogens is 1060 g/mol. The minimum absolute atomic E-state index is 0.199. The molecule has 0 aliphatic heterocycles. The summed E-state index contributed by atoms with van der Waals surface area (Å²) in [4.78, 5) is 40.8. The molecule has 6 nitrogen and oxygen atoms in total. The molecule has 0 N–H and O–H groups in total. The molecule has 0 rings (SSSR count). The van der Waals surface area contributed by atoms with Crippen molar-refractivity contribution >= 4 is 72.8 Å². The molecule has 0 heterocycles. The van der Waals surface area contributed by atoms with Crippen LogP contribution in [0.3, 0.4) is 0 Å². The molecule has 0 aromatic heterocycles. The van der Waals surface area contributed by atoms with Crippen LogP contribution in [0.4, 0.5) is 0 Å². The van der Waals surface area contributed by atoms with E-state index >= 15 is 0 Å². The van der Waals surface area contributed by atoms with Crippen molar-refractivity contribution in [1.82, 2.24) is 0 Å². The van der Waals surface area contributed by atoms with Crippen LogP contribution in [0.5, 0.6) is 0 Å². The van der Waals surface area contributed by atoms with E-state index in [4.69, 9.17) is 9.22 Å². The van der Waals surface area contributed by atoms with Gasteiger partial charge < -0.3 is 0 Å². The first kappa shape index (κ1) is 72.3. The molecule has 0 atom stereocenters. The third-order valence-electron chi connectivity index (χ3n) is 14.2. The van der Waals surface area contributed by atoms with E-state index < -0.39 is 37.5 Å². The van der Waals surface area contributed by atoms with Gasteiger partial charge in [-0.25, -0.2) is 0 Å². The Morgan fingerprint density at radius 3 is 0.611 bits per heavy atom. The summed E-state index contributed by atoms with van der Waals surface area (Å²) in [6.45, 7) is 9.06. The molecule has 0 amide bonds. The summed E-state index contributed by atoms with van der Waals surface area (Å²) in [5.41, 5.74) is 0. The Labute approximate surface area is 467 Å². The Morgan fingerprint density at radius 1 is 0.250 bits per heavy atom. The number of hydrogen-bond acceptors (Lipinski definition) is 9. The monoisotopic (exact) mass is 1180 g/mol. The second-order valence-corrected chi connectivity index (χ2v) is 32.0. The van der Waals surface area contributed by atoms with E-state index in [1.165, 1.54) is 263 Å². The zero-order chi connectivity index (χ0) is 52.4. The van der Waals surface area contributed by atoms with Crippen molar-refractivity contribution < 1.29 is 23.6 Å². The van der Waals surface area contributed by atoms with Gasteiger partial charge >= 0.3 is 316 Å². The van der Waals surface area contributed by atoms with Crippen molar-refractivity contribution in [2.75, 3.05) is 34.5 Å². The first-order valence-corrected chi connectivity index (χ1v) is 40.8. The smallest absolute Gasteiger partial charge is 0.0654 e. The van der Waals surface area contributed by atoms with E-state index in [9.17, 15) is 14.4 Å². The number of carbonyl (C=O) groups excluding carboxylic acids is 3. The number of carbonyl (C=O) groups is 3. The predicted octanol–water partition coefficient (Wildman–Crippen LogP) is 21.6. The maximum absolute atomic E-state index is 13.6. The van der Waals surface area contributed by atoms with Crippen LogP contribution in [0.2, 0.25) is 4.44 Å². The molecule has 0 saturated heterocycles. The molecule has 0 bridgehead atoms. The van der Waals surface area contributed by atoms with Crippen LogP contribution < -0.4 is 0 Å². The summed E-state index contributed by atoms with van der Waals surface area (Å²) in [6, 6.07) is 0. The first-order chi connectivity index (χ1) is 35.4. The van der Waals surface area contributed by atoms with Crippen LogP contribution in [-0.4, -0.2) is 72.0 Å². The molecule has 0 aromatic rings. The number of unbranched alkanes of at least 4 members (excludes halogenated alkanes) is 44. The molecule has 428 valence electrons. The fourth-order valence-electron chi connectivity index (χ4n) is 9.61. The normalized spacial score (nSPS) is 11.7. The van der Waals surface area contributed by atoms with E-state index in [-0.39, 0.29) is 17.3 Å². The van der Waals surface area contributed by atoms with Crippen molar-refractivity contribution in [3.63, 3.8) is 0 Å². The van der Waals surface area contributed by atoms with Gasteiger partial charge in [-0.05, 0) is 0 Å². The average Bonchev–Trinajstić information content (AvgIpc) is 3.37. The molecule has 0 saturated carbocycles. The molecule has 0 radical (unpaired) electrons. The quantitative estimate of drug-likeness (QED) is 0.0437. The van der Waals surface area contributed by atoms with Gasteiger partial charge in [0.25, 0.3) is 0 Å². The van der Waals surface area contributed by atoms with Crippen molar-refractivity contribution in [2.24, 2.45) is 0 Å². The van der Waals surface area contributed by atoms with Crippen LogP contribution in [-0.2, 0) is 23.6 Å². The molecule has 0 aliphatic rings. The van der Waals surface area contributed by atoms with Gasteiger partial charge in [0, 0.05) is 0 Å². The van der Waals surface area contributed by atoms with E-state index in [1.54, 1.807) is 35.3 Å². The standard InChI is InChI=1S/3C18H36O2S.C8H17.Sn/c3*1-2-3-4-5-6-7-8-9-10-11-12-13-14-15-16-21-17-18(19)20;1-3-5-7-8-6-4-2;/h3*2-17H2,1H3,(H,19,20);1,3-8H2,2H3;/q;;;;+3/p-3. The minimum atomic E-state index is -4.98. The second kappa shape index (κ2) is 60.5. The fraction of sp³-hybridized carbons (Fsp3) is 0.952. The zero-order valence-electron chi connectivity index (χ0n) is 48.6. The predicted molar refractivity (Wildman–Crippen MR) is 325 cm³/mol. The summed E-state index contributed by atoms with van der Waals surface area (Å²) >= 11 is -0.183. The molecule has 72 heavy (non-hydrogen) atoms. The van der Waals surface area contributed by atoms with Crippen LogP contribution >= 0.6 is 35.3 Å². The van der Waals surface area contributed by atoms with Crippen molar-refractivity contribution in [3.05, 3.63) is 0 Å². The van der Waals surface area contributed by atoms with Gasteiger partial charge in [-0.1, -0.05) is 156 Å². The molecule has 0 spiro atoms. The van der Waals surface area contributed by atoms with Crippen LogP contribution in [0.1, 0.15) is 336 Å². The van der Waals surface area contributed by atoms with Crippen molar-refractivity contribution in [3.8, 4) is 0 Å². The number of hydrogen-bond donors (Lipinski definition) is 0. The summed E-state index contributed by atoms with van der Waals surface area (Å²) in [7, 11) is 0. The average molecular weight is 1180 g/mol. The Balaban J connectivity index is 5.03. The Kier molecular flexibility index (Phi) is 60.7. The molecule has 0 aliphatic carbocycles. The summed E-state index contributed by atoms with van der Waals surface area (Å²) < 4.78 is 19.1. The van der Waals surface area contributed by atoms with E-state index in [0.29, 0.717) is 4.44 Å². The van der Waals surface area contributed by atoms with Gasteiger partial charge in [-0.3, -0.25) is 0 Å². The van der Waals surface area contributed by atoms with Gasteiger partial charge in [0.05, 0.1) is 0 Å².